The van der Waals surface area contributed by atoms with Crippen LogP contribution in [0, 0.1) is 57.2 Å². The van der Waals surface area contributed by atoms with Gasteiger partial charge in [0.1, 0.15) is 5.78 Å². The van der Waals surface area contributed by atoms with Crippen LogP contribution in [0.15, 0.2) is 12.2 Å². The van der Waals surface area contributed by atoms with Crippen molar-refractivity contribution in [2.75, 3.05) is 0 Å². The van der Waals surface area contributed by atoms with Gasteiger partial charge in [0, 0.05) is 11.8 Å². The molecule has 0 heterocycles. The van der Waals surface area contributed by atoms with E-state index in [-0.39, 0.29) is 5.41 Å². The maximum Gasteiger partial charge on any atom is 0.138 e. The molecule has 0 amide bonds. The Morgan fingerprint density at radius 3 is 2.23 bits per heavy atom. The number of ketones is 1. The van der Waals surface area contributed by atoms with Crippen molar-refractivity contribution in [1.29, 1.82) is 0 Å². The number of fused-ring (bicyclic) bond motifs is 7. The predicted molar refractivity (Wildman–Crippen MR) is 125 cm³/mol. The Morgan fingerprint density at radius 2 is 1.53 bits per heavy atom. The molecular formula is C29H46O. The van der Waals surface area contributed by atoms with Crippen molar-refractivity contribution >= 4 is 5.78 Å². The van der Waals surface area contributed by atoms with E-state index in [0.717, 1.165) is 42.4 Å². The van der Waals surface area contributed by atoms with Crippen molar-refractivity contribution in [3.05, 3.63) is 12.2 Å². The third kappa shape index (κ3) is 2.45. The Labute approximate surface area is 185 Å². The molecule has 0 aromatic rings. The molecule has 1 nitrogen and oxygen atoms in total. The summed E-state index contributed by atoms with van der Waals surface area (Å²) in [7, 11) is 0. The fraction of sp³-hybridized carbons (Fsp3) is 0.897. The molecule has 5 fully saturated rings. The van der Waals surface area contributed by atoms with Crippen molar-refractivity contribution in [3.63, 3.8) is 0 Å². The summed E-state index contributed by atoms with van der Waals surface area (Å²) in [6.07, 6.45) is 13.1. The maximum atomic E-state index is 12.9. The van der Waals surface area contributed by atoms with Crippen LogP contribution in [0.1, 0.15) is 106 Å². The first-order valence-electron chi connectivity index (χ1n) is 13.2. The Bertz CT molecular complexity index is 762. The Hall–Kier alpha value is -0.590. The zero-order chi connectivity index (χ0) is 21.7. The van der Waals surface area contributed by atoms with Crippen LogP contribution >= 0.6 is 0 Å². The van der Waals surface area contributed by atoms with E-state index in [4.69, 9.17) is 0 Å². The van der Waals surface area contributed by atoms with E-state index in [1.54, 1.807) is 0 Å². The van der Waals surface area contributed by atoms with E-state index in [1.165, 1.54) is 56.9 Å². The summed E-state index contributed by atoms with van der Waals surface area (Å²) in [6, 6.07) is 0. The average Bonchev–Trinajstić information content (AvgIpc) is 3.10. The molecule has 0 N–H and O–H groups in total. The molecule has 5 aliphatic rings. The zero-order valence-electron chi connectivity index (χ0n) is 20.7. The maximum absolute atomic E-state index is 12.9. The lowest BCUT2D eigenvalue weighted by Crippen LogP contribution is -2.65. The van der Waals surface area contributed by atoms with Crippen molar-refractivity contribution in [2.24, 2.45) is 57.2 Å². The molecule has 1 heteroatoms. The van der Waals surface area contributed by atoms with Crippen LogP contribution < -0.4 is 0 Å². The fourth-order valence-electron chi connectivity index (χ4n) is 11.0. The summed E-state index contributed by atoms with van der Waals surface area (Å²) in [6.45, 7) is 19.3. The van der Waals surface area contributed by atoms with E-state index >= 15 is 0 Å². The van der Waals surface area contributed by atoms with E-state index < -0.39 is 0 Å². The molecule has 0 bridgehead atoms. The normalized spacial score (nSPS) is 54.5. The predicted octanol–water partition coefficient (Wildman–Crippen LogP) is 7.84. The average molecular weight is 411 g/mol. The van der Waals surface area contributed by atoms with Crippen LogP contribution in [0.4, 0.5) is 0 Å². The Kier molecular flexibility index (Phi) is 4.59. The quantitative estimate of drug-likeness (QED) is 0.402. The first-order valence-corrected chi connectivity index (χ1v) is 13.2. The third-order valence-electron chi connectivity index (χ3n) is 12.7. The van der Waals surface area contributed by atoms with Gasteiger partial charge in [-0.2, -0.15) is 0 Å². The van der Waals surface area contributed by atoms with Crippen LogP contribution in [-0.2, 0) is 4.79 Å². The summed E-state index contributed by atoms with van der Waals surface area (Å²) in [5, 5.41) is 0. The number of carbonyl (C=O) groups excluding carboxylic acids is 1. The molecule has 0 saturated heterocycles. The van der Waals surface area contributed by atoms with Gasteiger partial charge in [-0.1, -0.05) is 46.8 Å². The number of hydrogen-bond acceptors (Lipinski definition) is 1. The molecule has 0 spiro atoms. The minimum absolute atomic E-state index is 0.125. The second kappa shape index (κ2) is 6.48. The minimum atomic E-state index is -0.125. The molecule has 5 aliphatic carbocycles. The second-order valence-corrected chi connectivity index (χ2v) is 13.7. The second-order valence-electron chi connectivity index (χ2n) is 13.7. The van der Waals surface area contributed by atoms with Gasteiger partial charge in [-0.15, -0.1) is 0 Å². The van der Waals surface area contributed by atoms with Gasteiger partial charge in [0.25, 0.3) is 0 Å². The summed E-state index contributed by atoms with van der Waals surface area (Å²) in [5.41, 5.74) is 2.58. The Morgan fingerprint density at radius 1 is 0.833 bits per heavy atom. The SMILES string of the molecule is C=C(C)C1CCC2CC[C@]3(C)[C@H](CC[C@@H]4[C@@]5(C)CCC(=O)C(C)(C)[C@@H]5CC[C@]43C)C21. The van der Waals surface area contributed by atoms with Crippen LogP contribution in [0.5, 0.6) is 0 Å². The number of Topliss-reactive ketones (excluding diaryl/α,β-unsaturated/α-hetero) is 1. The molecule has 0 aliphatic heterocycles. The molecule has 0 aromatic carbocycles. The topological polar surface area (TPSA) is 17.1 Å². The minimum Gasteiger partial charge on any atom is -0.299 e. The van der Waals surface area contributed by atoms with E-state index in [9.17, 15) is 4.79 Å². The standard InChI is InChI=1S/C29H46O/c1-18(2)20-9-8-19-12-16-28(6)21(25(19)20)10-11-23-27(5)15-14-24(30)26(3,4)22(27)13-17-29(23,28)7/h19-23,25H,1,8-17H2,2-7H3/t19?,20?,21-,22+,23-,25?,27+,28-,29-/m1/s1. The van der Waals surface area contributed by atoms with Crippen molar-refractivity contribution in [1.82, 2.24) is 0 Å². The number of rotatable bonds is 1. The van der Waals surface area contributed by atoms with Gasteiger partial charge >= 0.3 is 0 Å². The summed E-state index contributed by atoms with van der Waals surface area (Å²) in [5.74, 6) is 5.42. The molecule has 9 atom stereocenters. The highest BCUT2D eigenvalue weighted by atomic mass is 16.1. The first-order chi connectivity index (χ1) is 14.0. The molecule has 168 valence electrons. The van der Waals surface area contributed by atoms with Gasteiger partial charge in [0.2, 0.25) is 0 Å². The van der Waals surface area contributed by atoms with Gasteiger partial charge in [0.05, 0.1) is 0 Å². The lowest BCUT2D eigenvalue weighted by Gasteiger charge is -2.71. The van der Waals surface area contributed by atoms with Crippen molar-refractivity contribution in [2.45, 2.75) is 106 Å². The summed E-state index contributed by atoms with van der Waals surface area (Å²) < 4.78 is 0. The van der Waals surface area contributed by atoms with Gasteiger partial charge in [-0.05, 0) is 116 Å². The lowest BCUT2D eigenvalue weighted by atomic mass is 9.33. The lowest BCUT2D eigenvalue weighted by molar-refractivity contribution is -0.225. The highest BCUT2D eigenvalue weighted by molar-refractivity contribution is 5.85. The largest absolute Gasteiger partial charge is 0.299 e. The fourth-order valence-corrected chi connectivity index (χ4v) is 11.0. The smallest absolute Gasteiger partial charge is 0.138 e. The molecule has 5 rings (SSSR count). The third-order valence-corrected chi connectivity index (χ3v) is 12.7. The molecule has 0 radical (unpaired) electrons. The Balaban J connectivity index is 1.53. The first kappa shape index (κ1) is 21.3. The van der Waals surface area contributed by atoms with Crippen molar-refractivity contribution < 1.29 is 4.79 Å². The van der Waals surface area contributed by atoms with E-state index in [2.05, 4.69) is 48.1 Å². The zero-order valence-corrected chi connectivity index (χ0v) is 20.7. The van der Waals surface area contributed by atoms with Gasteiger partial charge < -0.3 is 0 Å². The number of hydrogen-bond donors (Lipinski definition) is 0. The van der Waals surface area contributed by atoms with Crippen molar-refractivity contribution in [3.8, 4) is 0 Å². The van der Waals surface area contributed by atoms with Gasteiger partial charge in [0.15, 0.2) is 0 Å². The molecule has 5 saturated carbocycles. The summed E-state index contributed by atoms with van der Waals surface area (Å²) >= 11 is 0. The van der Waals surface area contributed by atoms with Gasteiger partial charge in [-0.25, -0.2) is 0 Å². The van der Waals surface area contributed by atoms with Gasteiger partial charge in [-0.3, -0.25) is 4.79 Å². The van der Waals surface area contributed by atoms with E-state index in [1.807, 2.05) is 0 Å². The molecular weight excluding hydrogens is 364 g/mol. The highest BCUT2D eigenvalue weighted by Crippen LogP contribution is 2.75. The van der Waals surface area contributed by atoms with E-state index in [0.29, 0.717) is 27.9 Å². The number of allylic oxidation sites excluding steroid dienone is 1. The van der Waals surface area contributed by atoms with Crippen LogP contribution in [0.3, 0.4) is 0 Å². The number of carbonyl (C=O) groups is 1. The van der Waals surface area contributed by atoms with Crippen LogP contribution in [-0.4, -0.2) is 5.78 Å². The monoisotopic (exact) mass is 410 g/mol. The van der Waals surface area contributed by atoms with Crippen LogP contribution in [0.25, 0.3) is 0 Å². The summed E-state index contributed by atoms with van der Waals surface area (Å²) in [4.78, 5) is 12.9. The van der Waals surface area contributed by atoms with Crippen LogP contribution in [0.2, 0.25) is 0 Å². The molecule has 3 unspecified atom stereocenters. The molecule has 30 heavy (non-hydrogen) atoms. The molecule has 0 aromatic heterocycles. The highest BCUT2D eigenvalue weighted by Gasteiger charge is 2.69.